The minimum Gasteiger partial charge on any atom is -0.206 e. The van der Waals surface area contributed by atoms with Crippen molar-refractivity contribution in [2.24, 2.45) is 0 Å². The first-order valence-corrected chi connectivity index (χ1v) is 10.8. The van der Waals surface area contributed by atoms with Crippen LogP contribution in [-0.2, 0) is 12.8 Å². The Kier molecular flexibility index (Phi) is 8.27. The first-order chi connectivity index (χ1) is 15.5. The number of aryl methyl sites for hydroxylation is 2. The van der Waals surface area contributed by atoms with Crippen LogP contribution in [0.4, 0.5) is 13.2 Å². The molecule has 164 valence electrons. The van der Waals surface area contributed by atoms with Crippen molar-refractivity contribution in [1.82, 2.24) is 0 Å². The normalized spacial score (nSPS) is 12.1. The van der Waals surface area contributed by atoms with Gasteiger partial charge >= 0.3 is 0 Å². The van der Waals surface area contributed by atoms with E-state index in [2.05, 4.69) is 6.58 Å². The van der Waals surface area contributed by atoms with Crippen LogP contribution in [0.25, 0.3) is 22.8 Å². The number of hydrogen-bond acceptors (Lipinski definition) is 0. The van der Waals surface area contributed by atoms with Crippen LogP contribution in [-0.4, -0.2) is 0 Å². The van der Waals surface area contributed by atoms with Crippen molar-refractivity contribution in [2.75, 3.05) is 0 Å². The Morgan fingerprint density at radius 1 is 0.781 bits per heavy atom. The average Bonchev–Trinajstić information content (AvgIpc) is 2.82. The quantitative estimate of drug-likeness (QED) is 0.234. The molecule has 0 nitrogen and oxygen atoms in total. The summed E-state index contributed by atoms with van der Waals surface area (Å²) in [5, 5.41) is 0. The first-order valence-electron chi connectivity index (χ1n) is 10.8. The molecule has 3 heteroatoms. The predicted molar refractivity (Wildman–Crippen MR) is 129 cm³/mol. The van der Waals surface area contributed by atoms with Gasteiger partial charge in [0, 0.05) is 16.7 Å². The minimum atomic E-state index is -0.935. The Hall–Kier alpha value is -3.33. The molecule has 0 saturated heterocycles. The largest absolute Gasteiger partial charge is 0.206 e. The van der Waals surface area contributed by atoms with E-state index in [0.29, 0.717) is 11.1 Å². The molecular weight excluding hydrogens is 405 g/mol. The predicted octanol–water partition coefficient (Wildman–Crippen LogP) is 8.88. The van der Waals surface area contributed by atoms with E-state index < -0.39 is 11.7 Å². The van der Waals surface area contributed by atoms with Crippen LogP contribution in [0, 0.1) is 5.82 Å². The molecule has 0 aliphatic heterocycles. The Bertz CT molecular complexity index is 1100. The maximum Gasteiger partial charge on any atom is 0.166 e. The van der Waals surface area contributed by atoms with Crippen LogP contribution in [0.2, 0.25) is 0 Å². The number of allylic oxidation sites excluding steroid dienone is 3. The Morgan fingerprint density at radius 3 is 1.91 bits per heavy atom. The van der Waals surface area contributed by atoms with E-state index in [-0.39, 0.29) is 16.9 Å². The van der Waals surface area contributed by atoms with Gasteiger partial charge in [0.2, 0.25) is 0 Å². The summed E-state index contributed by atoms with van der Waals surface area (Å²) in [5.74, 6) is -2.17. The second-order valence-electron chi connectivity index (χ2n) is 7.65. The summed E-state index contributed by atoms with van der Waals surface area (Å²) < 4.78 is 44.0. The van der Waals surface area contributed by atoms with E-state index in [9.17, 15) is 13.2 Å². The molecule has 0 spiro atoms. The van der Waals surface area contributed by atoms with E-state index in [4.69, 9.17) is 0 Å². The molecule has 3 aromatic rings. The molecule has 0 aliphatic rings. The lowest BCUT2D eigenvalue weighted by atomic mass is 9.99. The third kappa shape index (κ3) is 5.88. The standard InChI is InChI=1S/C29H27F3/c1-3-5-7-9-22-12-19-26(27(30)20-22)23-15-17-25(18-16-23)29(32)28(31)24-13-10-21(11-14-24)8-6-4-2/h3-5,10-20H,2,6-9H2,1H3/b5-3+,29-28+. The van der Waals surface area contributed by atoms with E-state index in [1.807, 2.05) is 31.2 Å². The van der Waals surface area contributed by atoms with Gasteiger partial charge in [-0.1, -0.05) is 78.9 Å². The van der Waals surface area contributed by atoms with Crippen molar-refractivity contribution in [3.63, 3.8) is 0 Å². The molecule has 32 heavy (non-hydrogen) atoms. The molecule has 0 saturated carbocycles. The number of rotatable bonds is 9. The molecule has 3 aromatic carbocycles. The van der Waals surface area contributed by atoms with E-state index >= 15 is 0 Å². The highest BCUT2D eigenvalue weighted by Crippen LogP contribution is 2.31. The summed E-state index contributed by atoms with van der Waals surface area (Å²) in [7, 11) is 0. The highest BCUT2D eigenvalue weighted by molar-refractivity contribution is 5.83. The molecule has 0 aliphatic carbocycles. The molecular formula is C29H27F3. The lowest BCUT2D eigenvalue weighted by Gasteiger charge is -2.08. The molecule has 0 radical (unpaired) electrons. The second kappa shape index (κ2) is 11.3. The summed E-state index contributed by atoms with van der Waals surface area (Å²) in [6.45, 7) is 5.64. The van der Waals surface area contributed by atoms with Gasteiger partial charge in [0.15, 0.2) is 11.7 Å². The minimum absolute atomic E-state index is 0.116. The molecule has 0 bridgehead atoms. The zero-order valence-corrected chi connectivity index (χ0v) is 18.3. The summed E-state index contributed by atoms with van der Waals surface area (Å²) in [4.78, 5) is 0. The van der Waals surface area contributed by atoms with E-state index in [0.717, 1.165) is 36.8 Å². The number of halogens is 3. The second-order valence-corrected chi connectivity index (χ2v) is 7.65. The fraction of sp³-hybridized carbons (Fsp3) is 0.172. The summed E-state index contributed by atoms with van der Waals surface area (Å²) in [5.41, 5.74) is 3.32. The molecule has 0 aromatic heterocycles. The van der Waals surface area contributed by atoms with Gasteiger partial charge < -0.3 is 0 Å². The van der Waals surface area contributed by atoms with Gasteiger partial charge in [-0.15, -0.1) is 6.58 Å². The van der Waals surface area contributed by atoms with Crippen LogP contribution in [0.1, 0.15) is 42.0 Å². The summed E-state index contributed by atoms with van der Waals surface area (Å²) in [6.07, 6.45) is 9.11. The van der Waals surface area contributed by atoms with Gasteiger partial charge in [-0.05, 0) is 55.4 Å². The lowest BCUT2D eigenvalue weighted by Crippen LogP contribution is -1.90. The molecule has 0 fully saturated rings. The molecule has 0 amide bonds. The van der Waals surface area contributed by atoms with Crippen LogP contribution in [0.3, 0.4) is 0 Å². The average molecular weight is 433 g/mol. The summed E-state index contributed by atoms with van der Waals surface area (Å²) in [6, 6.07) is 18.1. The first kappa shape index (κ1) is 23.3. The van der Waals surface area contributed by atoms with Crippen LogP contribution in [0.15, 0.2) is 91.5 Å². The van der Waals surface area contributed by atoms with Crippen molar-refractivity contribution in [1.29, 1.82) is 0 Å². The molecule has 0 atom stereocenters. The molecule has 0 N–H and O–H groups in total. The molecule has 3 rings (SSSR count). The third-order valence-corrected chi connectivity index (χ3v) is 5.36. The molecule has 0 unspecified atom stereocenters. The SMILES string of the molecule is C=CCCc1ccc(/C(F)=C(\F)c2ccc(-c3ccc(CC/C=C/C)cc3F)cc2)cc1. The zero-order valence-electron chi connectivity index (χ0n) is 18.3. The van der Waals surface area contributed by atoms with Gasteiger partial charge in [-0.25, -0.2) is 13.2 Å². The van der Waals surface area contributed by atoms with Crippen LogP contribution < -0.4 is 0 Å². The van der Waals surface area contributed by atoms with Gasteiger partial charge in [0.25, 0.3) is 0 Å². The molecule has 0 heterocycles. The van der Waals surface area contributed by atoms with Crippen molar-refractivity contribution in [3.05, 3.63) is 120 Å². The van der Waals surface area contributed by atoms with Crippen molar-refractivity contribution < 1.29 is 13.2 Å². The van der Waals surface area contributed by atoms with Crippen molar-refractivity contribution in [2.45, 2.75) is 32.6 Å². The van der Waals surface area contributed by atoms with E-state index in [1.54, 1.807) is 42.5 Å². The van der Waals surface area contributed by atoms with Gasteiger partial charge in [-0.3, -0.25) is 0 Å². The Morgan fingerprint density at radius 2 is 1.34 bits per heavy atom. The maximum atomic E-state index is 14.7. The fourth-order valence-electron chi connectivity index (χ4n) is 3.50. The Balaban J connectivity index is 1.77. The maximum absolute atomic E-state index is 14.7. The van der Waals surface area contributed by atoms with Gasteiger partial charge in [-0.2, -0.15) is 0 Å². The zero-order chi connectivity index (χ0) is 22.9. The topological polar surface area (TPSA) is 0 Å². The summed E-state index contributed by atoms with van der Waals surface area (Å²) >= 11 is 0. The number of benzene rings is 3. The van der Waals surface area contributed by atoms with Crippen LogP contribution in [0.5, 0.6) is 0 Å². The smallest absolute Gasteiger partial charge is 0.166 e. The van der Waals surface area contributed by atoms with Crippen LogP contribution >= 0.6 is 0 Å². The monoisotopic (exact) mass is 432 g/mol. The third-order valence-electron chi connectivity index (χ3n) is 5.36. The van der Waals surface area contributed by atoms with E-state index in [1.165, 1.54) is 18.2 Å². The van der Waals surface area contributed by atoms with Gasteiger partial charge in [0.1, 0.15) is 5.82 Å². The highest BCUT2D eigenvalue weighted by atomic mass is 19.2. The van der Waals surface area contributed by atoms with Crippen molar-refractivity contribution in [3.8, 4) is 11.1 Å². The number of hydrogen-bond donors (Lipinski definition) is 0. The lowest BCUT2D eigenvalue weighted by molar-refractivity contribution is 0.629. The van der Waals surface area contributed by atoms with Crippen molar-refractivity contribution >= 4 is 11.7 Å². The fourth-order valence-corrected chi connectivity index (χ4v) is 3.50. The van der Waals surface area contributed by atoms with Gasteiger partial charge in [0.05, 0.1) is 0 Å². The Labute approximate surface area is 188 Å². The highest BCUT2D eigenvalue weighted by Gasteiger charge is 2.13.